The summed E-state index contributed by atoms with van der Waals surface area (Å²) in [5.74, 6) is -1.56. The minimum atomic E-state index is -0.857. The Morgan fingerprint density at radius 2 is 1.86 bits per heavy atom. The molecule has 29 heavy (non-hydrogen) atoms. The molecule has 1 atom stereocenters. The van der Waals surface area contributed by atoms with Gasteiger partial charge in [-0.15, -0.1) is 0 Å². The van der Waals surface area contributed by atoms with Gasteiger partial charge in [-0.2, -0.15) is 0 Å². The van der Waals surface area contributed by atoms with E-state index in [2.05, 4.69) is 16.0 Å². The Morgan fingerprint density at radius 1 is 1.10 bits per heavy atom. The highest BCUT2D eigenvalue weighted by Gasteiger charge is 2.23. The van der Waals surface area contributed by atoms with E-state index < -0.39 is 11.6 Å². The predicted octanol–water partition coefficient (Wildman–Crippen LogP) is 2.90. The van der Waals surface area contributed by atoms with E-state index in [1.807, 2.05) is 4.90 Å². The first-order valence-electron chi connectivity index (χ1n) is 9.49. The van der Waals surface area contributed by atoms with Crippen molar-refractivity contribution in [3.05, 3.63) is 59.7 Å². The zero-order chi connectivity index (χ0) is 20.8. The van der Waals surface area contributed by atoms with Crippen LogP contribution < -0.4 is 20.9 Å². The Balaban J connectivity index is 1.44. The average molecular weight is 402 g/mol. The normalized spacial score (nSPS) is 15.8. The van der Waals surface area contributed by atoms with Crippen LogP contribution in [0.2, 0.25) is 0 Å². The van der Waals surface area contributed by atoms with Crippen molar-refractivity contribution in [3.8, 4) is 0 Å². The molecule has 8 heteroatoms. The van der Waals surface area contributed by atoms with Crippen LogP contribution in [0, 0.1) is 17.6 Å². The summed E-state index contributed by atoms with van der Waals surface area (Å²) >= 11 is 0. The molecule has 0 radical (unpaired) electrons. The highest BCUT2D eigenvalue weighted by Crippen LogP contribution is 2.25. The van der Waals surface area contributed by atoms with Crippen molar-refractivity contribution in [3.63, 3.8) is 0 Å². The number of carbonyl (C=O) groups excluding carboxylic acids is 2. The molecule has 0 spiro atoms. The van der Waals surface area contributed by atoms with Crippen molar-refractivity contribution < 1.29 is 18.4 Å². The third-order valence-electron chi connectivity index (χ3n) is 4.96. The lowest BCUT2D eigenvalue weighted by Crippen LogP contribution is -2.34. The van der Waals surface area contributed by atoms with Crippen LogP contribution in [0.5, 0.6) is 0 Å². The van der Waals surface area contributed by atoms with Crippen molar-refractivity contribution in [2.45, 2.75) is 12.8 Å². The molecule has 0 aliphatic carbocycles. The zero-order valence-electron chi connectivity index (χ0n) is 16.2. The van der Waals surface area contributed by atoms with E-state index in [9.17, 15) is 18.4 Å². The summed E-state index contributed by atoms with van der Waals surface area (Å²) in [5, 5.41) is 8.17. The lowest BCUT2D eigenvalue weighted by molar-refractivity contribution is -0.119. The molecular weight excluding hydrogens is 378 g/mol. The molecule has 3 rings (SSSR count). The number of urea groups is 1. The van der Waals surface area contributed by atoms with Gasteiger partial charge in [-0.05, 0) is 42.2 Å². The molecule has 2 aromatic rings. The van der Waals surface area contributed by atoms with Crippen LogP contribution in [-0.4, -0.2) is 38.6 Å². The van der Waals surface area contributed by atoms with Crippen LogP contribution in [0.25, 0.3) is 0 Å². The summed E-state index contributed by atoms with van der Waals surface area (Å²) < 4.78 is 26.5. The second-order valence-corrected chi connectivity index (χ2v) is 7.08. The van der Waals surface area contributed by atoms with E-state index in [0.717, 1.165) is 24.6 Å². The van der Waals surface area contributed by atoms with Crippen LogP contribution in [0.4, 0.5) is 25.0 Å². The maximum Gasteiger partial charge on any atom is 0.319 e. The van der Waals surface area contributed by atoms with E-state index in [4.69, 9.17) is 0 Å². The topological polar surface area (TPSA) is 73.5 Å². The minimum Gasteiger partial charge on any atom is -0.371 e. The highest BCUT2D eigenvalue weighted by atomic mass is 19.2. The van der Waals surface area contributed by atoms with Crippen LogP contribution in [0.1, 0.15) is 12.0 Å². The number of anilines is 2. The molecule has 1 saturated heterocycles. The summed E-state index contributed by atoms with van der Waals surface area (Å²) in [6, 6.07) is 10.7. The zero-order valence-corrected chi connectivity index (χ0v) is 16.2. The predicted molar refractivity (Wildman–Crippen MR) is 108 cm³/mol. The van der Waals surface area contributed by atoms with E-state index in [1.54, 1.807) is 37.4 Å². The lowest BCUT2D eigenvalue weighted by atomic mass is 10.1. The quantitative estimate of drug-likeness (QED) is 0.696. The van der Waals surface area contributed by atoms with Gasteiger partial charge in [0.15, 0.2) is 11.6 Å². The lowest BCUT2D eigenvalue weighted by Gasteiger charge is -2.19. The number of amides is 3. The van der Waals surface area contributed by atoms with Gasteiger partial charge in [0.25, 0.3) is 0 Å². The summed E-state index contributed by atoms with van der Waals surface area (Å²) in [4.78, 5) is 25.5. The Kier molecular flexibility index (Phi) is 6.64. The Labute approximate surface area is 168 Å². The molecule has 1 heterocycles. The molecule has 1 fully saturated rings. The van der Waals surface area contributed by atoms with Gasteiger partial charge < -0.3 is 20.9 Å². The van der Waals surface area contributed by atoms with Gasteiger partial charge in [0, 0.05) is 44.1 Å². The molecule has 0 bridgehead atoms. The number of benzene rings is 2. The first kappa shape index (κ1) is 20.6. The highest BCUT2D eigenvalue weighted by molar-refractivity contribution is 5.89. The number of hydrogen-bond donors (Lipinski definition) is 3. The maximum atomic E-state index is 13.4. The van der Waals surface area contributed by atoms with Gasteiger partial charge in [-0.3, -0.25) is 4.79 Å². The van der Waals surface area contributed by atoms with Gasteiger partial charge >= 0.3 is 6.03 Å². The number of hydrogen-bond acceptors (Lipinski definition) is 3. The van der Waals surface area contributed by atoms with Crippen molar-refractivity contribution in [1.82, 2.24) is 10.6 Å². The molecule has 0 saturated carbocycles. The molecule has 3 amide bonds. The van der Waals surface area contributed by atoms with Crippen LogP contribution in [0.15, 0.2) is 42.5 Å². The molecule has 1 unspecified atom stereocenters. The molecule has 0 aromatic heterocycles. The summed E-state index contributed by atoms with van der Waals surface area (Å²) in [5.41, 5.74) is 2.14. The summed E-state index contributed by atoms with van der Waals surface area (Å²) in [7, 11) is 1.59. The van der Waals surface area contributed by atoms with Gasteiger partial charge in [0.1, 0.15) is 0 Å². The van der Waals surface area contributed by atoms with Gasteiger partial charge in [-0.1, -0.05) is 12.1 Å². The van der Waals surface area contributed by atoms with Crippen LogP contribution in [0.3, 0.4) is 0 Å². The third-order valence-corrected chi connectivity index (χ3v) is 4.96. The molecule has 6 nitrogen and oxygen atoms in total. The van der Waals surface area contributed by atoms with Gasteiger partial charge in [0.2, 0.25) is 5.91 Å². The van der Waals surface area contributed by atoms with Crippen LogP contribution in [-0.2, 0) is 11.2 Å². The molecule has 1 aliphatic heterocycles. The minimum absolute atomic E-state index is 0.0718. The van der Waals surface area contributed by atoms with Crippen LogP contribution >= 0.6 is 0 Å². The molecule has 3 N–H and O–H groups in total. The Morgan fingerprint density at radius 3 is 2.55 bits per heavy atom. The van der Waals surface area contributed by atoms with Gasteiger partial charge in [0.05, 0.1) is 6.42 Å². The largest absolute Gasteiger partial charge is 0.371 e. The number of rotatable bonds is 6. The van der Waals surface area contributed by atoms with E-state index in [1.165, 1.54) is 6.07 Å². The molecule has 2 aromatic carbocycles. The number of likely N-dealkylation sites (N-methyl/N-ethyl adjacent to an activating group) is 1. The molecule has 154 valence electrons. The summed E-state index contributed by atoms with van der Waals surface area (Å²) in [6.07, 6.45) is 1.15. The standard InChI is InChI=1S/C21H24F2N4O2/c1-24-20(28)10-14-2-4-16(5-3-14)26-21(29)25-12-15-8-9-27(13-15)17-6-7-18(22)19(23)11-17/h2-7,11,15H,8-10,12-13H2,1H3,(H,24,28)(H2,25,26,29). The second kappa shape index (κ2) is 9.36. The monoisotopic (exact) mass is 402 g/mol. The molecule has 1 aliphatic rings. The van der Waals surface area contributed by atoms with Crippen molar-refractivity contribution in [2.75, 3.05) is 36.9 Å². The van der Waals surface area contributed by atoms with Crippen molar-refractivity contribution >= 4 is 23.3 Å². The Bertz CT molecular complexity index is 873. The third kappa shape index (κ3) is 5.66. The second-order valence-electron chi connectivity index (χ2n) is 7.08. The number of nitrogens with zero attached hydrogens (tertiary/aromatic N) is 1. The smallest absolute Gasteiger partial charge is 0.319 e. The van der Waals surface area contributed by atoms with Crippen molar-refractivity contribution in [2.24, 2.45) is 5.92 Å². The Hall–Kier alpha value is -3.16. The van der Waals surface area contributed by atoms with Gasteiger partial charge in [-0.25, -0.2) is 13.6 Å². The summed E-state index contributed by atoms with van der Waals surface area (Å²) in [6.45, 7) is 1.88. The van der Waals surface area contributed by atoms with Crippen molar-refractivity contribution in [1.29, 1.82) is 0 Å². The van der Waals surface area contributed by atoms with E-state index in [0.29, 0.717) is 30.9 Å². The SMILES string of the molecule is CNC(=O)Cc1ccc(NC(=O)NCC2CCN(c3ccc(F)c(F)c3)C2)cc1. The first-order chi connectivity index (χ1) is 13.9. The first-order valence-corrected chi connectivity index (χ1v) is 9.49. The fraction of sp³-hybridized carbons (Fsp3) is 0.333. The van der Waals surface area contributed by atoms with E-state index >= 15 is 0 Å². The fourth-order valence-corrected chi connectivity index (χ4v) is 3.31. The number of nitrogens with one attached hydrogen (secondary N) is 3. The van der Waals surface area contributed by atoms with E-state index in [-0.39, 0.29) is 17.9 Å². The maximum absolute atomic E-state index is 13.4. The average Bonchev–Trinajstić information content (AvgIpc) is 3.19. The number of carbonyl (C=O) groups is 2. The molecular formula is C21H24F2N4O2. The fourth-order valence-electron chi connectivity index (χ4n) is 3.31. The number of halogens is 2.